The van der Waals surface area contributed by atoms with Crippen LogP contribution in [0.5, 0.6) is 0 Å². The van der Waals surface area contributed by atoms with Crippen LogP contribution in [0.15, 0.2) is 30.6 Å². The number of hydrogen-bond acceptors (Lipinski definition) is 3. The van der Waals surface area contributed by atoms with E-state index in [1.165, 1.54) is 5.82 Å². The van der Waals surface area contributed by atoms with E-state index in [4.69, 9.17) is 0 Å². The number of aromatic nitrogens is 2. The Labute approximate surface area is 102 Å². The van der Waals surface area contributed by atoms with E-state index in [9.17, 15) is 0 Å². The second-order valence-electron chi connectivity index (χ2n) is 3.97. The third kappa shape index (κ3) is 2.58. The molecule has 0 spiro atoms. The third-order valence-electron chi connectivity index (χ3n) is 2.92. The zero-order chi connectivity index (χ0) is 12.1. The molecule has 0 aromatic carbocycles. The van der Waals surface area contributed by atoms with Crippen LogP contribution in [0.1, 0.15) is 13.8 Å². The van der Waals surface area contributed by atoms with E-state index in [0.29, 0.717) is 0 Å². The number of fused-ring (bicyclic) bond motifs is 1. The highest BCUT2D eigenvalue weighted by molar-refractivity contribution is 5.51. The van der Waals surface area contributed by atoms with Crippen LogP contribution in [0.25, 0.3) is 5.65 Å². The fourth-order valence-electron chi connectivity index (χ4n) is 2.02. The van der Waals surface area contributed by atoms with Crippen molar-refractivity contribution in [1.82, 2.24) is 14.7 Å². The monoisotopic (exact) mass is 232 g/mol. The Kier molecular flexibility index (Phi) is 3.98. The van der Waals surface area contributed by atoms with Crippen molar-refractivity contribution in [1.29, 1.82) is 0 Å². The van der Waals surface area contributed by atoms with Gasteiger partial charge >= 0.3 is 0 Å². The maximum absolute atomic E-state index is 4.31. The molecule has 4 nitrogen and oxygen atoms in total. The highest BCUT2D eigenvalue weighted by atomic mass is 15.2. The molecule has 0 saturated carbocycles. The summed E-state index contributed by atoms with van der Waals surface area (Å²) in [6.07, 6.45) is 3.86. The molecule has 1 N–H and O–H groups in total. The average molecular weight is 232 g/mol. The van der Waals surface area contributed by atoms with Gasteiger partial charge < -0.3 is 10.2 Å². The van der Waals surface area contributed by atoms with Crippen molar-refractivity contribution in [3.8, 4) is 0 Å². The molecule has 92 valence electrons. The number of pyridine rings is 1. The molecule has 0 fully saturated rings. The van der Waals surface area contributed by atoms with Crippen LogP contribution in [-0.2, 0) is 0 Å². The Morgan fingerprint density at radius 2 is 2.24 bits per heavy atom. The average Bonchev–Trinajstić information content (AvgIpc) is 2.83. The normalized spacial score (nSPS) is 10.9. The van der Waals surface area contributed by atoms with Crippen LogP contribution in [0, 0.1) is 0 Å². The van der Waals surface area contributed by atoms with Gasteiger partial charge in [0.05, 0.1) is 0 Å². The highest BCUT2D eigenvalue weighted by Crippen LogP contribution is 2.15. The summed E-state index contributed by atoms with van der Waals surface area (Å²) in [6, 6.07) is 6.24. The maximum atomic E-state index is 4.31. The van der Waals surface area contributed by atoms with E-state index in [2.05, 4.69) is 45.6 Å². The summed E-state index contributed by atoms with van der Waals surface area (Å²) in [5.74, 6) is 1.21. The first kappa shape index (κ1) is 11.9. The van der Waals surface area contributed by atoms with Gasteiger partial charge in [-0.05, 0) is 25.6 Å². The van der Waals surface area contributed by atoms with Gasteiger partial charge in [0.15, 0.2) is 0 Å². The second kappa shape index (κ2) is 5.68. The van der Waals surface area contributed by atoms with Gasteiger partial charge in [0, 0.05) is 32.0 Å². The van der Waals surface area contributed by atoms with Crippen LogP contribution >= 0.6 is 0 Å². The fraction of sp³-hybridized carbons (Fsp3) is 0.462. The van der Waals surface area contributed by atoms with E-state index in [0.717, 1.165) is 31.8 Å². The first-order valence-electron chi connectivity index (χ1n) is 6.24. The molecule has 4 heteroatoms. The number of nitrogens with zero attached hydrogens (tertiary/aromatic N) is 3. The maximum Gasteiger partial charge on any atom is 0.138 e. The van der Waals surface area contributed by atoms with Crippen molar-refractivity contribution in [3.05, 3.63) is 30.6 Å². The summed E-state index contributed by atoms with van der Waals surface area (Å²) in [5.41, 5.74) is 1.00. The minimum absolute atomic E-state index is 1.00. The van der Waals surface area contributed by atoms with Gasteiger partial charge in [-0.25, -0.2) is 4.98 Å². The Bertz CT molecular complexity index is 463. The summed E-state index contributed by atoms with van der Waals surface area (Å²) >= 11 is 0. The van der Waals surface area contributed by atoms with Gasteiger partial charge in [-0.3, -0.25) is 4.40 Å². The minimum atomic E-state index is 1.00. The first-order chi connectivity index (χ1) is 8.36. The molecule has 0 aliphatic heterocycles. The van der Waals surface area contributed by atoms with E-state index >= 15 is 0 Å². The molecule has 0 aliphatic carbocycles. The van der Waals surface area contributed by atoms with E-state index in [1.54, 1.807) is 0 Å². The predicted octanol–water partition coefficient (Wildman–Crippen LogP) is 1.77. The summed E-state index contributed by atoms with van der Waals surface area (Å²) in [7, 11) is 0. The number of anilines is 1. The van der Waals surface area contributed by atoms with Crippen molar-refractivity contribution in [2.24, 2.45) is 0 Å². The van der Waals surface area contributed by atoms with E-state index in [-0.39, 0.29) is 0 Å². The van der Waals surface area contributed by atoms with Crippen molar-refractivity contribution in [3.63, 3.8) is 0 Å². The Balaban J connectivity index is 2.20. The third-order valence-corrected chi connectivity index (χ3v) is 2.92. The standard InChI is InChI=1S/C13H20N4/c1-3-14-8-10-16(4-2)13-7-5-6-12-15-9-11-17(12)13/h5-7,9,11,14H,3-4,8,10H2,1-2H3. The van der Waals surface area contributed by atoms with Gasteiger partial charge in [0.25, 0.3) is 0 Å². The molecule has 0 saturated heterocycles. The molecular weight excluding hydrogens is 212 g/mol. The topological polar surface area (TPSA) is 32.6 Å². The molecule has 2 aromatic rings. The SMILES string of the molecule is CCNCCN(CC)c1cccc2nccn12. The predicted molar refractivity (Wildman–Crippen MR) is 71.6 cm³/mol. The van der Waals surface area contributed by atoms with Crippen molar-refractivity contribution < 1.29 is 0 Å². The Morgan fingerprint density at radius 3 is 3.00 bits per heavy atom. The van der Waals surface area contributed by atoms with Crippen LogP contribution in [0.3, 0.4) is 0 Å². The Morgan fingerprint density at radius 1 is 1.35 bits per heavy atom. The van der Waals surface area contributed by atoms with Gasteiger partial charge in [-0.2, -0.15) is 0 Å². The van der Waals surface area contributed by atoms with Gasteiger partial charge in [0.1, 0.15) is 11.5 Å². The van der Waals surface area contributed by atoms with Gasteiger partial charge in [-0.1, -0.05) is 13.0 Å². The summed E-state index contributed by atoms with van der Waals surface area (Å²) < 4.78 is 2.13. The smallest absolute Gasteiger partial charge is 0.138 e. The van der Waals surface area contributed by atoms with Gasteiger partial charge in [0.2, 0.25) is 0 Å². The fourth-order valence-corrected chi connectivity index (χ4v) is 2.02. The molecule has 0 bridgehead atoms. The molecule has 0 aliphatic rings. The summed E-state index contributed by atoms with van der Waals surface area (Å²) in [6.45, 7) is 8.36. The van der Waals surface area contributed by atoms with Crippen LogP contribution in [-0.4, -0.2) is 35.6 Å². The highest BCUT2D eigenvalue weighted by Gasteiger charge is 2.07. The first-order valence-corrected chi connectivity index (χ1v) is 6.24. The summed E-state index contributed by atoms with van der Waals surface area (Å²) in [4.78, 5) is 6.67. The van der Waals surface area contributed by atoms with Gasteiger partial charge in [-0.15, -0.1) is 0 Å². The number of hydrogen-bond donors (Lipinski definition) is 1. The molecule has 0 atom stereocenters. The molecule has 0 unspecified atom stereocenters. The molecule has 17 heavy (non-hydrogen) atoms. The number of nitrogens with one attached hydrogen (secondary N) is 1. The van der Waals surface area contributed by atoms with E-state index in [1.807, 2.05) is 18.5 Å². The zero-order valence-corrected chi connectivity index (χ0v) is 10.6. The van der Waals surface area contributed by atoms with Crippen LogP contribution in [0.4, 0.5) is 5.82 Å². The van der Waals surface area contributed by atoms with Crippen molar-refractivity contribution in [2.75, 3.05) is 31.1 Å². The quantitative estimate of drug-likeness (QED) is 0.770. The lowest BCUT2D eigenvalue weighted by Crippen LogP contribution is -2.33. The second-order valence-corrected chi connectivity index (χ2v) is 3.97. The Hall–Kier alpha value is -1.55. The zero-order valence-electron chi connectivity index (χ0n) is 10.6. The molecule has 2 heterocycles. The molecular formula is C13H20N4. The molecule has 2 aromatic heterocycles. The van der Waals surface area contributed by atoms with E-state index < -0.39 is 0 Å². The molecule has 2 rings (SSSR count). The summed E-state index contributed by atoms with van der Waals surface area (Å²) in [5, 5.41) is 3.36. The van der Waals surface area contributed by atoms with Crippen molar-refractivity contribution >= 4 is 11.5 Å². The lowest BCUT2D eigenvalue weighted by Gasteiger charge is -2.24. The van der Waals surface area contributed by atoms with Crippen molar-refractivity contribution in [2.45, 2.75) is 13.8 Å². The molecule has 0 radical (unpaired) electrons. The number of imidazole rings is 1. The number of likely N-dealkylation sites (N-methyl/N-ethyl adjacent to an activating group) is 2. The van der Waals surface area contributed by atoms with Crippen LogP contribution < -0.4 is 10.2 Å². The molecule has 0 amide bonds. The largest absolute Gasteiger partial charge is 0.357 e. The van der Waals surface area contributed by atoms with Crippen LogP contribution in [0.2, 0.25) is 0 Å². The number of rotatable bonds is 6. The lowest BCUT2D eigenvalue weighted by atomic mass is 10.4. The lowest BCUT2D eigenvalue weighted by molar-refractivity contribution is 0.682. The minimum Gasteiger partial charge on any atom is -0.357 e.